The molecule has 0 aromatic carbocycles. The van der Waals surface area contributed by atoms with E-state index in [-0.39, 0.29) is 13.0 Å². The van der Waals surface area contributed by atoms with Crippen LogP contribution in [0.3, 0.4) is 0 Å². The SMILES string of the molecule is CC/C=C\C/C=C\C/C=C\C/C=C\C/C=C\CC(=O)OC(COCCCCCCCCCC/C=C\CCCCCCCC)COP(=O)(O)OC1C(O)C(O)C(O)C(O)C1O. The average Bonchev–Trinajstić information content (AvgIpc) is 3.23. The molecule has 0 spiro atoms. The van der Waals surface area contributed by atoms with E-state index >= 15 is 0 Å². The molecule has 1 aliphatic carbocycles. The standard InChI is InChI=1S/C47H81O12P/c1-3-5-7-9-11-13-15-17-19-20-21-23-25-27-29-31-33-35-37-56-38-40(39-57-60(54,55)59-47-45(52)43(50)42(49)44(51)46(47)53)58-41(48)36-34-32-30-28-26-24-22-18-16-14-12-10-8-6-4-2/h6,8,12,14,17-19,22,26,28,32,34,40,42-47,49-53H,3-5,7,9-11,13,15-16,20-21,23-25,27,29-31,33,35-39H2,1-2H3,(H,54,55)/b8-6-,14-12-,19-17-,22-18-,28-26-,34-32-. The molecule has 0 amide bonds. The number of hydrogen-bond donors (Lipinski definition) is 6. The van der Waals surface area contributed by atoms with Crippen molar-refractivity contribution in [2.45, 2.75) is 198 Å². The quantitative estimate of drug-likeness (QED) is 0.0150. The lowest BCUT2D eigenvalue weighted by Crippen LogP contribution is -2.64. The van der Waals surface area contributed by atoms with Gasteiger partial charge in [-0.1, -0.05) is 157 Å². The third-order valence-electron chi connectivity index (χ3n) is 10.1. The van der Waals surface area contributed by atoms with Crippen LogP contribution in [0.1, 0.15) is 155 Å². The molecule has 60 heavy (non-hydrogen) atoms. The Morgan fingerprint density at radius 3 is 1.48 bits per heavy atom. The van der Waals surface area contributed by atoms with Crippen molar-refractivity contribution in [1.29, 1.82) is 0 Å². The van der Waals surface area contributed by atoms with Crippen molar-refractivity contribution in [2.24, 2.45) is 0 Å². The molecular weight excluding hydrogens is 787 g/mol. The molecule has 0 aromatic heterocycles. The Labute approximate surface area is 361 Å². The average molecular weight is 869 g/mol. The zero-order chi connectivity index (χ0) is 44.1. The highest BCUT2D eigenvalue weighted by atomic mass is 31.2. The van der Waals surface area contributed by atoms with Gasteiger partial charge in [0.2, 0.25) is 0 Å². The molecule has 6 N–H and O–H groups in total. The zero-order valence-electron chi connectivity index (χ0n) is 36.7. The molecule has 0 radical (unpaired) electrons. The van der Waals surface area contributed by atoms with Gasteiger partial charge in [-0.05, 0) is 64.2 Å². The monoisotopic (exact) mass is 869 g/mol. The Morgan fingerprint density at radius 2 is 0.983 bits per heavy atom. The fourth-order valence-electron chi connectivity index (χ4n) is 6.48. The second kappa shape index (κ2) is 37.3. The van der Waals surface area contributed by atoms with Crippen LogP contribution in [0.2, 0.25) is 0 Å². The molecule has 6 atom stereocenters. The molecule has 6 unspecified atom stereocenters. The first kappa shape index (κ1) is 55.8. The molecule has 0 saturated heterocycles. The van der Waals surface area contributed by atoms with Gasteiger partial charge in [-0.25, -0.2) is 4.57 Å². The van der Waals surface area contributed by atoms with Gasteiger partial charge < -0.3 is 39.9 Å². The number of allylic oxidation sites excluding steroid dienone is 11. The maximum absolute atomic E-state index is 12.8. The predicted molar refractivity (Wildman–Crippen MR) is 239 cm³/mol. The Morgan fingerprint density at radius 1 is 0.550 bits per heavy atom. The van der Waals surface area contributed by atoms with Gasteiger partial charge in [-0.15, -0.1) is 0 Å². The van der Waals surface area contributed by atoms with Crippen molar-refractivity contribution in [3.63, 3.8) is 0 Å². The number of phosphoric ester groups is 1. The van der Waals surface area contributed by atoms with Crippen LogP contribution in [-0.4, -0.2) is 98.9 Å². The van der Waals surface area contributed by atoms with Gasteiger partial charge in [0, 0.05) is 6.61 Å². The Bertz CT molecular complexity index is 1260. The van der Waals surface area contributed by atoms with Crippen LogP contribution >= 0.6 is 7.82 Å². The van der Waals surface area contributed by atoms with E-state index in [9.17, 15) is 39.8 Å². The highest BCUT2D eigenvalue weighted by Gasteiger charge is 2.51. The molecule has 0 aromatic rings. The number of esters is 1. The third kappa shape index (κ3) is 29.1. The number of phosphoric acid groups is 1. The van der Waals surface area contributed by atoms with Crippen LogP contribution in [0.4, 0.5) is 0 Å². The Hall–Kier alpha value is -2.22. The van der Waals surface area contributed by atoms with E-state index in [0.717, 1.165) is 57.8 Å². The van der Waals surface area contributed by atoms with E-state index in [2.05, 4.69) is 62.5 Å². The van der Waals surface area contributed by atoms with Gasteiger partial charge >= 0.3 is 13.8 Å². The third-order valence-corrected chi connectivity index (χ3v) is 11.1. The molecule has 1 rings (SSSR count). The molecule has 346 valence electrons. The molecule has 0 aliphatic heterocycles. The zero-order valence-corrected chi connectivity index (χ0v) is 37.6. The summed E-state index contributed by atoms with van der Waals surface area (Å²) in [6.07, 6.45) is 35.7. The van der Waals surface area contributed by atoms with E-state index in [1.165, 1.54) is 70.6 Å². The normalized spacial score (nSPS) is 23.0. The minimum Gasteiger partial charge on any atom is -0.457 e. The van der Waals surface area contributed by atoms with E-state index < -0.39 is 63.1 Å². The Kier molecular flexibility index (Phi) is 34.7. The smallest absolute Gasteiger partial charge is 0.457 e. The molecule has 1 aliphatic rings. The van der Waals surface area contributed by atoms with Crippen LogP contribution < -0.4 is 0 Å². The van der Waals surface area contributed by atoms with Gasteiger partial charge in [0.1, 0.15) is 42.7 Å². The summed E-state index contributed by atoms with van der Waals surface area (Å²) in [5.41, 5.74) is 0. The van der Waals surface area contributed by atoms with Crippen molar-refractivity contribution < 1.29 is 58.3 Å². The van der Waals surface area contributed by atoms with Crippen molar-refractivity contribution >= 4 is 13.8 Å². The van der Waals surface area contributed by atoms with Crippen molar-refractivity contribution in [3.8, 4) is 0 Å². The molecule has 1 saturated carbocycles. The maximum atomic E-state index is 12.8. The summed E-state index contributed by atoms with van der Waals surface area (Å²) in [7, 11) is -5.05. The fourth-order valence-corrected chi connectivity index (χ4v) is 7.46. The van der Waals surface area contributed by atoms with Gasteiger partial charge in [0.05, 0.1) is 19.6 Å². The summed E-state index contributed by atoms with van der Waals surface area (Å²) in [5, 5.41) is 50.1. The lowest BCUT2D eigenvalue weighted by Gasteiger charge is -2.41. The number of aliphatic hydroxyl groups is 5. The lowest BCUT2D eigenvalue weighted by molar-refractivity contribution is -0.220. The minimum absolute atomic E-state index is 0.0498. The molecule has 0 heterocycles. The summed E-state index contributed by atoms with van der Waals surface area (Å²) < 4.78 is 34.0. The maximum Gasteiger partial charge on any atom is 0.472 e. The molecule has 1 fully saturated rings. The number of rotatable bonds is 37. The molecule has 12 nitrogen and oxygen atoms in total. The van der Waals surface area contributed by atoms with Crippen LogP contribution in [0, 0.1) is 0 Å². The second-order valence-electron chi connectivity index (χ2n) is 15.5. The summed E-state index contributed by atoms with van der Waals surface area (Å²) >= 11 is 0. The van der Waals surface area contributed by atoms with Crippen molar-refractivity contribution in [1.82, 2.24) is 0 Å². The highest BCUT2D eigenvalue weighted by molar-refractivity contribution is 7.47. The molecule has 0 bridgehead atoms. The van der Waals surface area contributed by atoms with Crippen LogP contribution in [0.5, 0.6) is 0 Å². The minimum atomic E-state index is -5.05. The van der Waals surface area contributed by atoms with E-state index in [0.29, 0.717) is 13.0 Å². The summed E-state index contributed by atoms with van der Waals surface area (Å²) in [6.45, 7) is 4.01. The first-order chi connectivity index (χ1) is 29.0. The number of carbonyl (C=O) groups is 1. The second-order valence-corrected chi connectivity index (χ2v) is 16.9. The summed E-state index contributed by atoms with van der Waals surface area (Å²) in [5.74, 6) is -0.607. The van der Waals surface area contributed by atoms with E-state index in [1.807, 2.05) is 18.2 Å². The summed E-state index contributed by atoms with van der Waals surface area (Å²) in [6, 6.07) is 0. The molecule has 13 heteroatoms. The fraction of sp³-hybridized carbons (Fsp3) is 0.723. The number of carbonyl (C=O) groups excluding carboxylic acids is 1. The van der Waals surface area contributed by atoms with Crippen LogP contribution in [0.25, 0.3) is 0 Å². The molecular formula is C47H81O12P. The Balaban J connectivity index is 2.46. The largest absolute Gasteiger partial charge is 0.472 e. The number of ether oxygens (including phenoxy) is 2. The van der Waals surface area contributed by atoms with Gasteiger partial charge in [-0.2, -0.15) is 0 Å². The van der Waals surface area contributed by atoms with Crippen molar-refractivity contribution in [3.05, 3.63) is 72.9 Å². The summed E-state index contributed by atoms with van der Waals surface area (Å²) in [4.78, 5) is 23.1. The van der Waals surface area contributed by atoms with Gasteiger partial charge in [-0.3, -0.25) is 13.8 Å². The van der Waals surface area contributed by atoms with E-state index in [4.69, 9.17) is 18.5 Å². The van der Waals surface area contributed by atoms with Crippen LogP contribution in [-0.2, 0) is 27.9 Å². The lowest BCUT2D eigenvalue weighted by atomic mass is 9.85. The highest BCUT2D eigenvalue weighted by Crippen LogP contribution is 2.47. The van der Waals surface area contributed by atoms with E-state index in [1.54, 1.807) is 6.08 Å². The number of hydrogen-bond acceptors (Lipinski definition) is 11. The van der Waals surface area contributed by atoms with Crippen LogP contribution in [0.15, 0.2) is 72.9 Å². The van der Waals surface area contributed by atoms with Crippen molar-refractivity contribution in [2.75, 3.05) is 19.8 Å². The predicted octanol–water partition coefficient (Wildman–Crippen LogP) is 9.19. The number of unbranched alkanes of at least 4 members (excludes halogenated alkanes) is 14. The topological polar surface area (TPSA) is 192 Å². The van der Waals surface area contributed by atoms with Gasteiger partial charge in [0.15, 0.2) is 0 Å². The van der Waals surface area contributed by atoms with Gasteiger partial charge in [0.25, 0.3) is 0 Å². The first-order valence-corrected chi connectivity index (χ1v) is 24.3. The first-order valence-electron chi connectivity index (χ1n) is 22.8. The number of aliphatic hydroxyl groups excluding tert-OH is 5.